The van der Waals surface area contributed by atoms with Crippen LogP contribution in [-0.2, 0) is 16.1 Å². The molecule has 1 aliphatic heterocycles. The Morgan fingerprint density at radius 3 is 2.48 bits per heavy atom. The van der Waals surface area contributed by atoms with Gasteiger partial charge in [0.1, 0.15) is 0 Å². The molecule has 1 saturated heterocycles. The van der Waals surface area contributed by atoms with Gasteiger partial charge < -0.3 is 10.2 Å². The average molecular weight is 354 g/mol. The zero-order valence-electron chi connectivity index (χ0n) is 14.5. The van der Waals surface area contributed by atoms with Gasteiger partial charge in [0.05, 0.1) is 5.92 Å². The van der Waals surface area contributed by atoms with Crippen molar-refractivity contribution in [3.05, 3.63) is 59.7 Å². The lowest BCUT2D eigenvalue weighted by Crippen LogP contribution is -2.28. The van der Waals surface area contributed by atoms with Crippen LogP contribution in [-0.4, -0.2) is 29.5 Å². The van der Waals surface area contributed by atoms with Crippen LogP contribution in [0.4, 0.5) is 5.69 Å². The standard InChI is InChI=1S/C20H22N2O2S/c1-14-3-5-15(6-4-14)12-22-13-16(11-19(22)23)20(24)21-17-7-9-18(25-2)10-8-17/h3-10,16H,11-13H2,1-2H3,(H,21,24)/t16-/m0/s1. The fraction of sp³-hybridized carbons (Fsp3) is 0.300. The van der Waals surface area contributed by atoms with Gasteiger partial charge in [0, 0.05) is 30.1 Å². The molecule has 2 aromatic carbocycles. The summed E-state index contributed by atoms with van der Waals surface area (Å²) in [6.45, 7) is 3.07. The van der Waals surface area contributed by atoms with Gasteiger partial charge in [-0.3, -0.25) is 9.59 Å². The lowest BCUT2D eigenvalue weighted by molar-refractivity contribution is -0.128. The largest absolute Gasteiger partial charge is 0.338 e. The van der Waals surface area contributed by atoms with Crippen LogP contribution >= 0.6 is 11.8 Å². The Balaban J connectivity index is 1.59. The molecular formula is C20H22N2O2S. The topological polar surface area (TPSA) is 49.4 Å². The molecule has 1 heterocycles. The first kappa shape index (κ1) is 17.5. The van der Waals surface area contributed by atoms with Crippen LogP contribution in [0.2, 0.25) is 0 Å². The van der Waals surface area contributed by atoms with E-state index in [1.807, 2.05) is 61.7 Å². The highest BCUT2D eigenvalue weighted by Gasteiger charge is 2.34. The van der Waals surface area contributed by atoms with E-state index in [1.165, 1.54) is 5.56 Å². The van der Waals surface area contributed by atoms with E-state index in [4.69, 9.17) is 0 Å². The molecule has 1 N–H and O–H groups in total. The summed E-state index contributed by atoms with van der Waals surface area (Å²) in [4.78, 5) is 27.6. The van der Waals surface area contributed by atoms with Gasteiger partial charge in [-0.2, -0.15) is 0 Å². The van der Waals surface area contributed by atoms with Crippen molar-refractivity contribution in [2.75, 3.05) is 18.1 Å². The van der Waals surface area contributed by atoms with Crippen LogP contribution in [0.5, 0.6) is 0 Å². The molecule has 0 bridgehead atoms. The zero-order valence-corrected chi connectivity index (χ0v) is 15.3. The fourth-order valence-corrected chi connectivity index (χ4v) is 3.34. The lowest BCUT2D eigenvalue weighted by Gasteiger charge is -2.17. The smallest absolute Gasteiger partial charge is 0.229 e. The molecule has 2 amide bonds. The first-order chi connectivity index (χ1) is 12.0. The Morgan fingerprint density at radius 1 is 1.16 bits per heavy atom. The molecule has 3 rings (SSSR count). The van der Waals surface area contributed by atoms with Crippen molar-refractivity contribution in [3.8, 4) is 0 Å². The van der Waals surface area contributed by atoms with Gasteiger partial charge in [-0.1, -0.05) is 29.8 Å². The number of hydrogen-bond donors (Lipinski definition) is 1. The normalized spacial score (nSPS) is 17.0. The number of rotatable bonds is 5. The zero-order chi connectivity index (χ0) is 17.8. The van der Waals surface area contributed by atoms with E-state index >= 15 is 0 Å². The minimum absolute atomic E-state index is 0.0402. The number of amides is 2. The molecule has 0 aliphatic carbocycles. The molecule has 0 radical (unpaired) electrons. The molecule has 2 aromatic rings. The summed E-state index contributed by atoms with van der Waals surface area (Å²) in [7, 11) is 0. The number of likely N-dealkylation sites (tertiary alicyclic amines) is 1. The van der Waals surface area contributed by atoms with Crippen LogP contribution < -0.4 is 5.32 Å². The molecule has 1 aliphatic rings. The molecule has 25 heavy (non-hydrogen) atoms. The van der Waals surface area contributed by atoms with E-state index in [1.54, 1.807) is 16.7 Å². The van der Waals surface area contributed by atoms with E-state index < -0.39 is 0 Å². The maximum atomic E-state index is 12.5. The number of benzene rings is 2. The molecule has 4 nitrogen and oxygen atoms in total. The molecule has 0 aromatic heterocycles. The van der Waals surface area contributed by atoms with Crippen LogP contribution in [0, 0.1) is 12.8 Å². The highest BCUT2D eigenvalue weighted by atomic mass is 32.2. The van der Waals surface area contributed by atoms with E-state index in [2.05, 4.69) is 5.32 Å². The van der Waals surface area contributed by atoms with Crippen molar-refractivity contribution in [1.82, 2.24) is 4.90 Å². The van der Waals surface area contributed by atoms with Crippen LogP contribution in [0.3, 0.4) is 0 Å². The van der Waals surface area contributed by atoms with Crippen molar-refractivity contribution in [1.29, 1.82) is 0 Å². The maximum absolute atomic E-state index is 12.5. The summed E-state index contributed by atoms with van der Waals surface area (Å²) >= 11 is 1.66. The third-order valence-corrected chi connectivity index (χ3v) is 5.18. The van der Waals surface area contributed by atoms with E-state index in [9.17, 15) is 9.59 Å². The number of nitrogens with one attached hydrogen (secondary N) is 1. The number of hydrogen-bond acceptors (Lipinski definition) is 3. The fourth-order valence-electron chi connectivity index (χ4n) is 2.93. The summed E-state index contributed by atoms with van der Waals surface area (Å²) in [5.41, 5.74) is 3.06. The van der Waals surface area contributed by atoms with Crippen LogP contribution in [0.15, 0.2) is 53.4 Å². The second-order valence-corrected chi connectivity index (χ2v) is 7.26. The summed E-state index contributed by atoms with van der Waals surface area (Å²) < 4.78 is 0. The Hall–Kier alpha value is -2.27. The second kappa shape index (κ2) is 7.74. The molecule has 1 atom stereocenters. The Labute approximate surface area is 152 Å². The van der Waals surface area contributed by atoms with Crippen molar-refractivity contribution in [2.45, 2.75) is 24.8 Å². The van der Waals surface area contributed by atoms with Crippen LogP contribution in [0.25, 0.3) is 0 Å². The molecule has 1 fully saturated rings. The molecule has 0 unspecified atom stereocenters. The van der Waals surface area contributed by atoms with E-state index in [-0.39, 0.29) is 24.2 Å². The third kappa shape index (κ3) is 4.42. The number of carbonyl (C=O) groups excluding carboxylic acids is 2. The predicted octanol–water partition coefficient (Wildman–Crippen LogP) is 3.70. The predicted molar refractivity (Wildman–Crippen MR) is 102 cm³/mol. The summed E-state index contributed by atoms with van der Waals surface area (Å²) in [5.74, 6) is -0.340. The van der Waals surface area contributed by atoms with Crippen molar-refractivity contribution in [3.63, 3.8) is 0 Å². The summed E-state index contributed by atoms with van der Waals surface area (Å²) in [6, 6.07) is 15.9. The minimum atomic E-state index is -0.293. The van der Waals surface area contributed by atoms with Gasteiger partial charge in [0.25, 0.3) is 0 Å². The van der Waals surface area contributed by atoms with Crippen molar-refractivity contribution in [2.24, 2.45) is 5.92 Å². The summed E-state index contributed by atoms with van der Waals surface area (Å²) in [6.07, 6.45) is 2.29. The Kier molecular flexibility index (Phi) is 5.43. The second-order valence-electron chi connectivity index (χ2n) is 6.38. The van der Waals surface area contributed by atoms with Gasteiger partial charge in [-0.25, -0.2) is 0 Å². The Bertz CT molecular complexity index is 756. The number of anilines is 1. The molecule has 130 valence electrons. The van der Waals surface area contributed by atoms with Crippen molar-refractivity contribution >= 4 is 29.3 Å². The lowest BCUT2D eigenvalue weighted by atomic mass is 10.1. The van der Waals surface area contributed by atoms with E-state index in [0.29, 0.717) is 13.1 Å². The number of nitrogens with zero attached hydrogens (tertiary/aromatic N) is 1. The third-order valence-electron chi connectivity index (χ3n) is 4.44. The molecular weight excluding hydrogens is 332 g/mol. The average Bonchev–Trinajstić information content (AvgIpc) is 2.98. The molecule has 5 heteroatoms. The quantitative estimate of drug-likeness (QED) is 0.833. The number of carbonyl (C=O) groups is 2. The van der Waals surface area contributed by atoms with Crippen molar-refractivity contribution < 1.29 is 9.59 Å². The number of thioether (sulfide) groups is 1. The van der Waals surface area contributed by atoms with Gasteiger partial charge in [0.2, 0.25) is 11.8 Å². The van der Waals surface area contributed by atoms with Crippen LogP contribution in [0.1, 0.15) is 17.5 Å². The minimum Gasteiger partial charge on any atom is -0.338 e. The highest BCUT2D eigenvalue weighted by molar-refractivity contribution is 7.98. The number of aryl methyl sites for hydroxylation is 1. The first-order valence-corrected chi connectivity index (χ1v) is 9.56. The monoisotopic (exact) mass is 354 g/mol. The van der Waals surface area contributed by atoms with Gasteiger partial charge in [0.15, 0.2) is 0 Å². The highest BCUT2D eigenvalue weighted by Crippen LogP contribution is 2.23. The first-order valence-electron chi connectivity index (χ1n) is 8.33. The van der Waals surface area contributed by atoms with E-state index in [0.717, 1.165) is 16.1 Å². The van der Waals surface area contributed by atoms with Gasteiger partial charge >= 0.3 is 0 Å². The molecule has 0 saturated carbocycles. The SMILES string of the molecule is CSc1ccc(NC(=O)[C@H]2CC(=O)N(Cc3ccc(C)cc3)C2)cc1. The summed E-state index contributed by atoms with van der Waals surface area (Å²) in [5, 5.41) is 2.92. The molecule has 0 spiro atoms. The Morgan fingerprint density at radius 2 is 1.84 bits per heavy atom. The van der Waals surface area contributed by atoms with Gasteiger partial charge in [-0.15, -0.1) is 11.8 Å². The maximum Gasteiger partial charge on any atom is 0.229 e. The van der Waals surface area contributed by atoms with Gasteiger partial charge in [-0.05, 0) is 43.0 Å².